The normalized spacial score (nSPS) is 34.5. The number of amides is 3. The predicted octanol–water partition coefficient (Wildman–Crippen LogP) is -3.46. The van der Waals surface area contributed by atoms with E-state index in [2.05, 4.69) is 10.3 Å². The summed E-state index contributed by atoms with van der Waals surface area (Å²) in [7, 11) is 0. The summed E-state index contributed by atoms with van der Waals surface area (Å²) in [5.74, 6) is -1.24. The Hall–Kier alpha value is -2.38. The molecule has 26 heavy (non-hydrogen) atoms. The number of carbonyl (C=O) groups excluding carboxylic acids is 2. The second kappa shape index (κ2) is 7.09. The zero-order chi connectivity index (χ0) is 19.0. The highest BCUT2D eigenvalue weighted by Crippen LogP contribution is 2.31. The van der Waals surface area contributed by atoms with Crippen LogP contribution in [-0.4, -0.2) is 104 Å². The Kier molecular flexibility index (Phi) is 5.02. The third-order valence-electron chi connectivity index (χ3n) is 4.32. The molecule has 0 aromatic carbocycles. The number of fused-ring (bicyclic) bond motifs is 1. The second-order valence-corrected chi connectivity index (χ2v) is 5.90. The van der Waals surface area contributed by atoms with Crippen LogP contribution in [0.5, 0.6) is 0 Å². The Morgan fingerprint density at radius 3 is 2.58 bits per heavy atom. The van der Waals surface area contributed by atoms with Crippen molar-refractivity contribution in [3.8, 4) is 0 Å². The van der Waals surface area contributed by atoms with E-state index < -0.39 is 55.1 Å². The Labute approximate surface area is 147 Å². The molecule has 0 saturated carbocycles. The van der Waals surface area contributed by atoms with Crippen molar-refractivity contribution in [3.05, 3.63) is 12.2 Å². The molecule has 2 saturated heterocycles. The monoisotopic (exact) mass is 369 g/mol. The van der Waals surface area contributed by atoms with Gasteiger partial charge in [0.2, 0.25) is 5.96 Å². The lowest BCUT2D eigenvalue weighted by Gasteiger charge is -2.26. The SMILES string of the molecule is N=C1N=C2C(C(=O)N1)N(C/C=C/CO)C(=O)N2[C@@H]1O[C@H](CO)[C@H](O)[C@H]1O. The number of aliphatic hydroxyl groups is 4. The van der Waals surface area contributed by atoms with E-state index in [9.17, 15) is 24.9 Å². The fraction of sp³-hybridized carbons (Fsp3) is 0.571. The number of amidine groups is 1. The minimum Gasteiger partial charge on any atom is -0.394 e. The third-order valence-corrected chi connectivity index (χ3v) is 4.32. The fourth-order valence-electron chi connectivity index (χ4n) is 3.10. The van der Waals surface area contributed by atoms with Gasteiger partial charge in [0.25, 0.3) is 5.91 Å². The van der Waals surface area contributed by atoms with Gasteiger partial charge in [0, 0.05) is 6.54 Å². The first kappa shape index (κ1) is 18.4. The number of aliphatic hydroxyl groups excluding tert-OH is 4. The molecule has 0 radical (unpaired) electrons. The average molecular weight is 369 g/mol. The largest absolute Gasteiger partial charge is 0.394 e. The number of carbonyl (C=O) groups is 2. The van der Waals surface area contributed by atoms with Crippen LogP contribution in [0.25, 0.3) is 0 Å². The van der Waals surface area contributed by atoms with E-state index in [0.29, 0.717) is 0 Å². The van der Waals surface area contributed by atoms with Crippen LogP contribution in [-0.2, 0) is 9.53 Å². The molecule has 12 nitrogen and oxygen atoms in total. The Balaban J connectivity index is 1.96. The first-order valence-electron chi connectivity index (χ1n) is 7.86. The van der Waals surface area contributed by atoms with Crippen molar-refractivity contribution >= 4 is 23.7 Å². The Morgan fingerprint density at radius 2 is 1.96 bits per heavy atom. The molecule has 3 aliphatic heterocycles. The van der Waals surface area contributed by atoms with Crippen LogP contribution in [0.1, 0.15) is 0 Å². The summed E-state index contributed by atoms with van der Waals surface area (Å²) in [5, 5.41) is 48.0. The van der Waals surface area contributed by atoms with Crippen LogP contribution in [0.3, 0.4) is 0 Å². The summed E-state index contributed by atoms with van der Waals surface area (Å²) >= 11 is 0. The highest BCUT2D eigenvalue weighted by atomic mass is 16.6. The molecule has 1 unspecified atom stereocenters. The molecule has 12 heteroatoms. The van der Waals surface area contributed by atoms with Gasteiger partial charge in [-0.15, -0.1) is 0 Å². The van der Waals surface area contributed by atoms with Crippen molar-refractivity contribution in [2.75, 3.05) is 19.8 Å². The summed E-state index contributed by atoms with van der Waals surface area (Å²) in [6.45, 7) is -0.857. The molecule has 3 rings (SSSR count). The van der Waals surface area contributed by atoms with Gasteiger partial charge < -0.3 is 30.1 Å². The van der Waals surface area contributed by atoms with Crippen molar-refractivity contribution in [1.29, 1.82) is 5.41 Å². The van der Waals surface area contributed by atoms with E-state index >= 15 is 0 Å². The summed E-state index contributed by atoms with van der Waals surface area (Å²) in [6, 6.07) is -1.88. The molecule has 142 valence electrons. The number of ether oxygens (including phenoxy) is 1. The van der Waals surface area contributed by atoms with Gasteiger partial charge in [-0.25, -0.2) is 9.69 Å². The van der Waals surface area contributed by atoms with Gasteiger partial charge in [-0.3, -0.25) is 15.5 Å². The smallest absolute Gasteiger partial charge is 0.329 e. The number of nitrogens with zero attached hydrogens (tertiary/aromatic N) is 3. The standard InChI is InChI=1S/C14H19N5O7/c15-13-16-10-7(11(24)17-13)18(3-1-2-4-20)14(25)19(10)12-9(23)8(22)6(5-21)26-12/h1-2,6-9,12,20-23H,3-5H2,(H2,15,17,24)/b2-1+/t6-,7?,8+,9-,12-/m1/s1. The Morgan fingerprint density at radius 1 is 1.23 bits per heavy atom. The van der Waals surface area contributed by atoms with Gasteiger partial charge in [-0.1, -0.05) is 12.2 Å². The summed E-state index contributed by atoms with van der Waals surface area (Å²) in [4.78, 5) is 31.0. The van der Waals surface area contributed by atoms with Gasteiger partial charge in [0.15, 0.2) is 18.1 Å². The fourth-order valence-corrected chi connectivity index (χ4v) is 3.10. The number of hydrogen-bond acceptors (Lipinski definition) is 8. The van der Waals surface area contributed by atoms with Crippen molar-refractivity contribution in [2.24, 2.45) is 4.99 Å². The first-order valence-corrected chi connectivity index (χ1v) is 7.86. The number of nitrogens with one attached hydrogen (secondary N) is 2. The molecule has 3 aliphatic rings. The molecule has 5 atom stereocenters. The lowest BCUT2D eigenvalue weighted by atomic mass is 10.1. The van der Waals surface area contributed by atoms with Crippen molar-refractivity contribution in [1.82, 2.24) is 15.1 Å². The predicted molar refractivity (Wildman–Crippen MR) is 85.0 cm³/mol. The second-order valence-electron chi connectivity index (χ2n) is 5.90. The first-order chi connectivity index (χ1) is 12.4. The van der Waals surface area contributed by atoms with E-state index in [1.165, 1.54) is 12.2 Å². The molecule has 0 aromatic rings. The van der Waals surface area contributed by atoms with Gasteiger partial charge >= 0.3 is 6.03 Å². The molecule has 2 fully saturated rings. The zero-order valence-corrected chi connectivity index (χ0v) is 13.5. The maximum atomic E-state index is 12.8. The van der Waals surface area contributed by atoms with Crippen LogP contribution in [0.15, 0.2) is 17.1 Å². The third kappa shape index (κ3) is 2.87. The van der Waals surface area contributed by atoms with Crippen LogP contribution in [0.4, 0.5) is 4.79 Å². The maximum absolute atomic E-state index is 12.8. The van der Waals surface area contributed by atoms with Crippen LogP contribution < -0.4 is 5.32 Å². The molecular formula is C14H19N5O7. The molecular weight excluding hydrogens is 350 g/mol. The van der Waals surface area contributed by atoms with Crippen molar-refractivity contribution < 1.29 is 34.8 Å². The highest BCUT2D eigenvalue weighted by molar-refractivity contribution is 6.25. The van der Waals surface area contributed by atoms with E-state index in [-0.39, 0.29) is 19.0 Å². The number of guanidine groups is 1. The molecule has 3 heterocycles. The van der Waals surface area contributed by atoms with Crippen LogP contribution in [0.2, 0.25) is 0 Å². The van der Waals surface area contributed by atoms with Crippen molar-refractivity contribution in [3.63, 3.8) is 0 Å². The maximum Gasteiger partial charge on any atom is 0.329 e. The van der Waals surface area contributed by atoms with Crippen LogP contribution in [0, 0.1) is 5.41 Å². The van der Waals surface area contributed by atoms with Gasteiger partial charge in [-0.05, 0) is 0 Å². The average Bonchev–Trinajstić information content (AvgIpc) is 3.03. The summed E-state index contributed by atoms with van der Waals surface area (Å²) in [6.07, 6.45) is -2.59. The lowest BCUT2D eigenvalue weighted by Crippen LogP contribution is -2.54. The van der Waals surface area contributed by atoms with Crippen LogP contribution >= 0.6 is 0 Å². The number of urea groups is 1. The number of hydrogen-bond donors (Lipinski definition) is 6. The quantitative estimate of drug-likeness (QED) is 0.273. The summed E-state index contributed by atoms with van der Waals surface area (Å²) in [5.41, 5.74) is 0. The minimum absolute atomic E-state index is 0.0326. The lowest BCUT2D eigenvalue weighted by molar-refractivity contribution is -0.121. The molecule has 6 N–H and O–H groups in total. The molecule has 3 amide bonds. The van der Waals surface area contributed by atoms with E-state index in [4.69, 9.17) is 15.3 Å². The van der Waals surface area contributed by atoms with Gasteiger partial charge in [0.1, 0.15) is 18.3 Å². The van der Waals surface area contributed by atoms with E-state index in [1.54, 1.807) is 0 Å². The number of aliphatic imine (C=N–C) groups is 1. The number of rotatable bonds is 5. The van der Waals surface area contributed by atoms with E-state index in [1.807, 2.05) is 0 Å². The van der Waals surface area contributed by atoms with Crippen molar-refractivity contribution in [2.45, 2.75) is 30.6 Å². The van der Waals surface area contributed by atoms with Gasteiger partial charge in [0.05, 0.1) is 13.2 Å². The molecule has 0 aliphatic carbocycles. The Bertz CT molecular complexity index is 681. The molecule has 0 spiro atoms. The topological polar surface area (TPSA) is 179 Å². The van der Waals surface area contributed by atoms with E-state index in [0.717, 1.165) is 9.80 Å². The highest BCUT2D eigenvalue weighted by Gasteiger charge is 2.56. The zero-order valence-electron chi connectivity index (χ0n) is 13.5. The summed E-state index contributed by atoms with van der Waals surface area (Å²) < 4.78 is 5.37. The minimum atomic E-state index is -1.54. The molecule has 0 aromatic heterocycles. The molecule has 0 bridgehead atoms. The van der Waals surface area contributed by atoms with Gasteiger partial charge in [-0.2, -0.15) is 4.99 Å².